The Kier molecular flexibility index (Phi) is 8.33. The zero-order chi connectivity index (χ0) is 22.3. The second-order valence-electron chi connectivity index (χ2n) is 9.25. The van der Waals surface area contributed by atoms with E-state index in [1.807, 2.05) is 6.07 Å². The van der Waals surface area contributed by atoms with E-state index >= 15 is 0 Å². The second kappa shape index (κ2) is 11.4. The first-order chi connectivity index (χ1) is 15.6. The number of aryl methyl sites for hydroxylation is 1. The Bertz CT molecular complexity index is 866. The number of carbonyl (C=O) groups excluding carboxylic acids is 1. The van der Waals surface area contributed by atoms with Crippen LogP contribution < -0.4 is 5.32 Å². The molecule has 172 valence electrons. The van der Waals surface area contributed by atoms with Gasteiger partial charge in [0, 0.05) is 29.8 Å². The van der Waals surface area contributed by atoms with Gasteiger partial charge in [0.1, 0.15) is 5.69 Å². The molecule has 2 aliphatic rings. The Morgan fingerprint density at radius 2 is 1.94 bits per heavy atom. The van der Waals surface area contributed by atoms with Crippen molar-refractivity contribution >= 4 is 21.8 Å². The highest BCUT2D eigenvalue weighted by molar-refractivity contribution is 9.10. The van der Waals surface area contributed by atoms with Gasteiger partial charge in [-0.15, -0.1) is 0 Å². The van der Waals surface area contributed by atoms with Gasteiger partial charge in [-0.2, -0.15) is 0 Å². The van der Waals surface area contributed by atoms with Crippen LogP contribution in [0.15, 0.2) is 47.1 Å². The largest absolute Gasteiger partial charge is 0.366 e. The van der Waals surface area contributed by atoms with E-state index < -0.39 is 0 Å². The van der Waals surface area contributed by atoms with Crippen LogP contribution in [0.5, 0.6) is 0 Å². The van der Waals surface area contributed by atoms with Crippen LogP contribution in [0.4, 0.5) is 0 Å². The molecule has 1 aromatic heterocycles. The van der Waals surface area contributed by atoms with Gasteiger partial charge in [-0.1, -0.05) is 44.0 Å². The molecule has 2 atom stereocenters. The van der Waals surface area contributed by atoms with Gasteiger partial charge in [0.05, 0.1) is 13.3 Å². The molecule has 1 aromatic carbocycles. The van der Waals surface area contributed by atoms with Gasteiger partial charge in [-0.05, 0) is 76.7 Å². The number of rotatable bonds is 8. The van der Waals surface area contributed by atoms with Crippen molar-refractivity contribution in [2.45, 2.75) is 57.4 Å². The number of piperidine rings is 1. The monoisotopic (exact) mass is 499 g/mol. The van der Waals surface area contributed by atoms with E-state index in [0.717, 1.165) is 42.9 Å². The molecular formula is C26H34BrN3O2. The van der Waals surface area contributed by atoms with Crippen molar-refractivity contribution in [3.05, 3.63) is 63.9 Å². The third-order valence-electron chi connectivity index (χ3n) is 6.78. The Labute approximate surface area is 200 Å². The van der Waals surface area contributed by atoms with E-state index in [-0.39, 0.29) is 11.9 Å². The minimum atomic E-state index is -0.115. The molecule has 2 heterocycles. The molecule has 1 saturated carbocycles. The molecule has 5 nitrogen and oxygen atoms in total. The molecule has 1 amide bonds. The van der Waals surface area contributed by atoms with Crippen molar-refractivity contribution in [3.63, 3.8) is 0 Å². The van der Waals surface area contributed by atoms with Gasteiger partial charge < -0.3 is 10.1 Å². The number of hydrogen-bond donors (Lipinski definition) is 1. The molecule has 0 spiro atoms. The fourth-order valence-electron chi connectivity index (χ4n) is 4.96. The molecule has 0 radical (unpaired) electrons. The maximum absolute atomic E-state index is 12.8. The van der Waals surface area contributed by atoms with Crippen LogP contribution in [0.3, 0.4) is 0 Å². The summed E-state index contributed by atoms with van der Waals surface area (Å²) < 4.78 is 6.99. The van der Waals surface area contributed by atoms with Gasteiger partial charge in [0.25, 0.3) is 5.91 Å². The average molecular weight is 500 g/mol. The first-order valence-electron chi connectivity index (χ1n) is 11.9. The molecule has 1 aliphatic heterocycles. The Morgan fingerprint density at radius 3 is 2.62 bits per heavy atom. The number of amides is 1. The lowest BCUT2D eigenvalue weighted by Gasteiger charge is -2.38. The normalized spacial score (nSPS) is 22.2. The summed E-state index contributed by atoms with van der Waals surface area (Å²) in [6.45, 7) is 5.42. The minimum absolute atomic E-state index is 0.0626. The van der Waals surface area contributed by atoms with Crippen molar-refractivity contribution in [2.24, 2.45) is 5.92 Å². The smallest absolute Gasteiger partial charge is 0.270 e. The maximum atomic E-state index is 12.8. The minimum Gasteiger partial charge on any atom is -0.366 e. The zero-order valence-corrected chi connectivity index (χ0v) is 20.5. The summed E-state index contributed by atoms with van der Waals surface area (Å²) in [4.78, 5) is 19.4. The van der Waals surface area contributed by atoms with Gasteiger partial charge in [-0.25, -0.2) is 4.98 Å². The van der Waals surface area contributed by atoms with Gasteiger partial charge in [0.15, 0.2) is 0 Å². The van der Waals surface area contributed by atoms with E-state index in [0.29, 0.717) is 18.3 Å². The molecule has 6 heteroatoms. The van der Waals surface area contributed by atoms with Gasteiger partial charge in [0.2, 0.25) is 0 Å². The van der Waals surface area contributed by atoms with E-state index in [4.69, 9.17) is 4.74 Å². The molecule has 2 fully saturated rings. The first-order valence-corrected chi connectivity index (χ1v) is 12.7. The van der Waals surface area contributed by atoms with Crippen molar-refractivity contribution < 1.29 is 9.53 Å². The van der Waals surface area contributed by atoms with Crippen LogP contribution in [0.2, 0.25) is 0 Å². The number of hydrogen-bond acceptors (Lipinski definition) is 4. The predicted molar refractivity (Wildman–Crippen MR) is 131 cm³/mol. The molecular weight excluding hydrogens is 466 g/mol. The van der Waals surface area contributed by atoms with E-state index in [2.05, 4.69) is 62.3 Å². The molecule has 1 aliphatic carbocycles. The molecule has 0 bridgehead atoms. The zero-order valence-electron chi connectivity index (χ0n) is 18.9. The van der Waals surface area contributed by atoms with Gasteiger partial charge in [-0.3, -0.25) is 9.69 Å². The number of halogens is 1. The van der Waals surface area contributed by atoms with E-state index in [9.17, 15) is 4.79 Å². The van der Waals surface area contributed by atoms with Crippen LogP contribution in [0, 0.1) is 5.92 Å². The second-order valence-corrected chi connectivity index (χ2v) is 10.2. The lowest BCUT2D eigenvalue weighted by molar-refractivity contribution is -0.00633. The van der Waals surface area contributed by atoms with Crippen LogP contribution in [0.25, 0.3) is 0 Å². The van der Waals surface area contributed by atoms with E-state index in [1.54, 1.807) is 12.3 Å². The number of aromatic nitrogens is 1. The number of nitrogens with zero attached hydrogens (tertiary/aromatic N) is 2. The molecule has 32 heavy (non-hydrogen) atoms. The number of nitrogens with one attached hydrogen (secondary N) is 1. The Hall–Kier alpha value is -1.76. The highest BCUT2D eigenvalue weighted by atomic mass is 79.9. The summed E-state index contributed by atoms with van der Waals surface area (Å²) in [5.74, 6) is 0.973. The van der Waals surface area contributed by atoms with Crippen molar-refractivity contribution in [1.82, 2.24) is 15.2 Å². The fourth-order valence-corrected chi connectivity index (χ4v) is 5.20. The van der Waals surface area contributed by atoms with Crippen LogP contribution in [0.1, 0.15) is 66.6 Å². The lowest BCUT2D eigenvalue weighted by Crippen LogP contribution is -2.50. The predicted octanol–water partition coefficient (Wildman–Crippen LogP) is 5.16. The number of ether oxygens (including phenoxy) is 1. The average Bonchev–Trinajstić information content (AvgIpc) is 3.33. The lowest BCUT2D eigenvalue weighted by atomic mass is 9.87. The molecule has 2 unspecified atom stereocenters. The SMILES string of the molecule is CCc1ccc(C2CC(NC(=O)c3ccc(Br)cn3)CN(COCC3CCCC3)C2)cc1. The highest BCUT2D eigenvalue weighted by Gasteiger charge is 2.30. The van der Waals surface area contributed by atoms with Crippen molar-refractivity contribution in [2.75, 3.05) is 26.4 Å². The fraction of sp³-hybridized carbons (Fsp3) is 0.538. The maximum Gasteiger partial charge on any atom is 0.270 e. The molecule has 1 saturated heterocycles. The summed E-state index contributed by atoms with van der Waals surface area (Å²) in [5.41, 5.74) is 3.14. The summed E-state index contributed by atoms with van der Waals surface area (Å²) in [6.07, 6.45) is 8.91. The number of pyridine rings is 1. The summed E-state index contributed by atoms with van der Waals surface area (Å²) >= 11 is 3.38. The van der Waals surface area contributed by atoms with Crippen LogP contribution in [-0.2, 0) is 11.2 Å². The number of benzene rings is 1. The topological polar surface area (TPSA) is 54.5 Å². The third kappa shape index (κ3) is 6.40. The molecule has 1 N–H and O–H groups in total. The molecule has 2 aromatic rings. The van der Waals surface area contributed by atoms with Crippen molar-refractivity contribution in [3.8, 4) is 0 Å². The Balaban J connectivity index is 1.41. The summed E-state index contributed by atoms with van der Waals surface area (Å²) in [6, 6.07) is 12.6. The summed E-state index contributed by atoms with van der Waals surface area (Å²) in [5, 5.41) is 3.22. The summed E-state index contributed by atoms with van der Waals surface area (Å²) in [7, 11) is 0. The number of carbonyl (C=O) groups is 1. The number of likely N-dealkylation sites (tertiary alicyclic amines) is 1. The first kappa shape index (κ1) is 23.4. The highest BCUT2D eigenvalue weighted by Crippen LogP contribution is 2.29. The van der Waals surface area contributed by atoms with Crippen LogP contribution >= 0.6 is 15.9 Å². The third-order valence-corrected chi connectivity index (χ3v) is 7.25. The molecule has 4 rings (SSSR count). The van der Waals surface area contributed by atoms with Crippen molar-refractivity contribution in [1.29, 1.82) is 0 Å². The Morgan fingerprint density at radius 1 is 1.16 bits per heavy atom. The van der Waals surface area contributed by atoms with Crippen LogP contribution in [-0.4, -0.2) is 48.3 Å². The van der Waals surface area contributed by atoms with Gasteiger partial charge >= 0.3 is 0 Å². The quantitative estimate of drug-likeness (QED) is 0.544. The van der Waals surface area contributed by atoms with E-state index in [1.165, 1.54) is 36.8 Å². The standard InChI is InChI=1S/C26H34BrN3O2/c1-2-19-7-9-21(10-8-19)22-13-24(29-26(31)25-12-11-23(27)14-28-25)16-30(15-22)18-32-17-20-5-3-4-6-20/h7-12,14,20,22,24H,2-6,13,15-18H2,1H3,(H,29,31).